The zero-order valence-corrected chi connectivity index (χ0v) is 8.03. The number of hydrogen-bond donors (Lipinski definition) is 2. The van der Waals surface area contributed by atoms with E-state index in [1.54, 1.807) is 18.2 Å². The van der Waals surface area contributed by atoms with Gasteiger partial charge in [-0.15, -0.1) is 0 Å². The Morgan fingerprint density at radius 2 is 2.29 bits per heavy atom. The van der Waals surface area contributed by atoms with Gasteiger partial charge in [-0.25, -0.2) is 0 Å². The van der Waals surface area contributed by atoms with Crippen LogP contribution in [0, 0.1) is 6.92 Å². The van der Waals surface area contributed by atoms with E-state index in [-0.39, 0.29) is 6.42 Å². The van der Waals surface area contributed by atoms with Gasteiger partial charge in [0, 0.05) is 5.69 Å². The Morgan fingerprint density at radius 1 is 1.57 bits per heavy atom. The number of aryl methyl sites for hydroxylation is 1. The van der Waals surface area contributed by atoms with Crippen LogP contribution in [-0.2, 0) is 4.79 Å². The van der Waals surface area contributed by atoms with Gasteiger partial charge in [0.2, 0.25) is 0 Å². The lowest BCUT2D eigenvalue weighted by molar-refractivity contribution is -0.135. The van der Waals surface area contributed by atoms with Gasteiger partial charge in [-0.3, -0.25) is 4.79 Å². The topological polar surface area (TPSA) is 63.3 Å². The number of carboxylic acid groups (broad SMARTS) is 1. The maximum absolute atomic E-state index is 10.3. The monoisotopic (exact) mass is 191 g/mol. The number of carbonyl (C=O) groups is 1. The predicted molar refractivity (Wildman–Crippen MR) is 56.9 cm³/mol. The van der Waals surface area contributed by atoms with Crippen molar-refractivity contribution in [1.29, 1.82) is 0 Å². The molecule has 0 fully saturated rings. The van der Waals surface area contributed by atoms with Crippen molar-refractivity contribution in [3.63, 3.8) is 0 Å². The molecule has 0 heterocycles. The third kappa shape index (κ3) is 2.62. The first-order valence-corrected chi connectivity index (χ1v) is 4.34. The van der Waals surface area contributed by atoms with Gasteiger partial charge in [-0.1, -0.05) is 24.3 Å². The Hall–Kier alpha value is -1.77. The average molecular weight is 191 g/mol. The lowest BCUT2D eigenvalue weighted by atomic mass is 10.1. The van der Waals surface area contributed by atoms with Crippen molar-refractivity contribution in [1.82, 2.24) is 0 Å². The van der Waals surface area contributed by atoms with Crippen molar-refractivity contribution in [2.75, 3.05) is 5.73 Å². The molecule has 0 aliphatic heterocycles. The molecular weight excluding hydrogens is 178 g/mol. The second-order valence-electron chi connectivity index (χ2n) is 3.08. The minimum Gasteiger partial charge on any atom is -0.481 e. The minimum absolute atomic E-state index is 0.0216. The number of carboxylic acids is 1. The van der Waals surface area contributed by atoms with Gasteiger partial charge in [0.15, 0.2) is 0 Å². The molecule has 0 atom stereocenters. The number of hydrogen-bond acceptors (Lipinski definition) is 2. The molecule has 3 N–H and O–H groups in total. The van der Waals surface area contributed by atoms with Crippen LogP contribution in [0.25, 0.3) is 6.08 Å². The second-order valence-corrected chi connectivity index (χ2v) is 3.08. The first-order chi connectivity index (χ1) is 6.61. The van der Waals surface area contributed by atoms with Crippen LogP contribution in [0.1, 0.15) is 17.5 Å². The molecule has 1 aromatic rings. The summed E-state index contributed by atoms with van der Waals surface area (Å²) < 4.78 is 0. The summed E-state index contributed by atoms with van der Waals surface area (Å²) in [4.78, 5) is 10.3. The summed E-state index contributed by atoms with van der Waals surface area (Å²) in [7, 11) is 0. The maximum atomic E-state index is 10.3. The molecule has 0 bridgehead atoms. The van der Waals surface area contributed by atoms with Crippen LogP contribution in [0.2, 0.25) is 0 Å². The van der Waals surface area contributed by atoms with E-state index in [1.807, 2.05) is 19.1 Å². The molecule has 14 heavy (non-hydrogen) atoms. The Labute approximate surface area is 82.9 Å². The zero-order chi connectivity index (χ0) is 10.6. The molecule has 0 aliphatic carbocycles. The van der Waals surface area contributed by atoms with Crippen LogP contribution < -0.4 is 5.73 Å². The molecule has 0 saturated heterocycles. The van der Waals surface area contributed by atoms with Crippen LogP contribution in [-0.4, -0.2) is 11.1 Å². The Balaban J connectivity index is 2.85. The molecule has 1 aromatic carbocycles. The average Bonchev–Trinajstić information content (AvgIpc) is 2.09. The molecule has 0 spiro atoms. The molecule has 3 heteroatoms. The molecule has 0 amide bonds. The van der Waals surface area contributed by atoms with Gasteiger partial charge in [-0.2, -0.15) is 0 Å². The van der Waals surface area contributed by atoms with E-state index >= 15 is 0 Å². The largest absolute Gasteiger partial charge is 0.481 e. The van der Waals surface area contributed by atoms with Gasteiger partial charge in [0.1, 0.15) is 0 Å². The molecule has 1 rings (SSSR count). The molecule has 3 nitrogen and oxygen atoms in total. The highest BCUT2D eigenvalue weighted by Crippen LogP contribution is 2.17. The molecule has 0 unspecified atom stereocenters. The summed E-state index contributed by atoms with van der Waals surface area (Å²) in [6.45, 7) is 1.94. The fourth-order valence-electron chi connectivity index (χ4n) is 1.21. The molecule has 74 valence electrons. The van der Waals surface area contributed by atoms with Gasteiger partial charge >= 0.3 is 5.97 Å². The summed E-state index contributed by atoms with van der Waals surface area (Å²) in [5.41, 5.74) is 8.36. The quantitative estimate of drug-likeness (QED) is 0.719. The fraction of sp³-hybridized carbons (Fsp3) is 0.182. The molecule has 0 radical (unpaired) electrons. The Kier molecular flexibility index (Phi) is 3.29. The maximum Gasteiger partial charge on any atom is 0.307 e. The van der Waals surface area contributed by atoms with Crippen LogP contribution in [0.5, 0.6) is 0 Å². The van der Waals surface area contributed by atoms with E-state index in [2.05, 4.69) is 0 Å². The Bertz CT molecular complexity index is 349. The fourth-order valence-corrected chi connectivity index (χ4v) is 1.21. The first kappa shape index (κ1) is 10.3. The summed E-state index contributed by atoms with van der Waals surface area (Å²) in [5.74, 6) is -0.839. The van der Waals surface area contributed by atoms with Crippen molar-refractivity contribution in [3.05, 3.63) is 35.4 Å². The van der Waals surface area contributed by atoms with E-state index in [0.29, 0.717) is 5.69 Å². The van der Waals surface area contributed by atoms with E-state index in [1.165, 1.54) is 0 Å². The number of nitrogens with two attached hydrogens (primary N) is 1. The van der Waals surface area contributed by atoms with Gasteiger partial charge < -0.3 is 10.8 Å². The van der Waals surface area contributed by atoms with Gasteiger partial charge in [-0.05, 0) is 24.1 Å². The van der Waals surface area contributed by atoms with Crippen molar-refractivity contribution in [2.45, 2.75) is 13.3 Å². The summed E-state index contributed by atoms with van der Waals surface area (Å²) in [6, 6.07) is 5.61. The van der Waals surface area contributed by atoms with E-state index in [9.17, 15) is 4.79 Å². The smallest absolute Gasteiger partial charge is 0.307 e. The molecule has 0 aromatic heterocycles. The third-order valence-electron chi connectivity index (χ3n) is 1.93. The van der Waals surface area contributed by atoms with E-state index < -0.39 is 5.97 Å². The van der Waals surface area contributed by atoms with Crippen LogP contribution in [0.3, 0.4) is 0 Å². The van der Waals surface area contributed by atoms with Crippen molar-refractivity contribution >= 4 is 17.7 Å². The number of nitrogen functional groups attached to an aromatic ring is 1. The lowest BCUT2D eigenvalue weighted by Gasteiger charge is -2.03. The standard InChI is InChI=1S/C11H13NO2/c1-8-4-2-6-10(12)9(8)5-3-7-11(13)14/h2-6H,7,12H2,1H3,(H,13,14). The van der Waals surface area contributed by atoms with Crippen molar-refractivity contribution in [2.24, 2.45) is 0 Å². The third-order valence-corrected chi connectivity index (χ3v) is 1.93. The minimum atomic E-state index is -0.839. The predicted octanol–water partition coefficient (Wildman–Crippen LogP) is 2.07. The van der Waals surface area contributed by atoms with E-state index in [4.69, 9.17) is 10.8 Å². The summed E-state index contributed by atoms with van der Waals surface area (Å²) >= 11 is 0. The van der Waals surface area contributed by atoms with Crippen LogP contribution >= 0.6 is 0 Å². The second kappa shape index (κ2) is 4.46. The summed E-state index contributed by atoms with van der Waals surface area (Å²) in [6.07, 6.45) is 3.37. The van der Waals surface area contributed by atoms with Crippen LogP contribution in [0.15, 0.2) is 24.3 Å². The van der Waals surface area contributed by atoms with Crippen molar-refractivity contribution < 1.29 is 9.90 Å². The van der Waals surface area contributed by atoms with Crippen LogP contribution in [0.4, 0.5) is 5.69 Å². The number of rotatable bonds is 3. The highest BCUT2D eigenvalue weighted by atomic mass is 16.4. The normalized spacial score (nSPS) is 10.6. The SMILES string of the molecule is Cc1cccc(N)c1C=CCC(=O)O. The number of benzene rings is 1. The first-order valence-electron chi connectivity index (χ1n) is 4.34. The molecule has 0 aliphatic rings. The molecule has 0 saturated carbocycles. The Morgan fingerprint density at radius 3 is 2.86 bits per heavy atom. The van der Waals surface area contributed by atoms with Gasteiger partial charge in [0.25, 0.3) is 0 Å². The summed E-state index contributed by atoms with van der Waals surface area (Å²) in [5, 5.41) is 8.45. The zero-order valence-electron chi connectivity index (χ0n) is 8.03. The highest BCUT2D eigenvalue weighted by Gasteiger charge is 1.98. The highest BCUT2D eigenvalue weighted by molar-refractivity contribution is 5.73. The van der Waals surface area contributed by atoms with E-state index in [0.717, 1.165) is 11.1 Å². The lowest BCUT2D eigenvalue weighted by Crippen LogP contribution is -1.93. The number of anilines is 1. The van der Waals surface area contributed by atoms with Gasteiger partial charge in [0.05, 0.1) is 6.42 Å². The van der Waals surface area contributed by atoms with Crippen molar-refractivity contribution in [3.8, 4) is 0 Å². The number of aliphatic carboxylic acids is 1. The molecular formula is C11H13NO2.